The summed E-state index contributed by atoms with van der Waals surface area (Å²) in [6.45, 7) is 3.97. The molecule has 1 aromatic heterocycles. The Balaban J connectivity index is 1.33. The van der Waals surface area contributed by atoms with Gasteiger partial charge in [0, 0.05) is 23.0 Å². The number of nitrogens with one attached hydrogen (secondary N) is 3. The molecule has 260 valence electrons. The summed E-state index contributed by atoms with van der Waals surface area (Å²) in [5, 5.41) is 30.1. The molecule has 5 rings (SSSR count). The number of nitrogens with zero attached hydrogens (tertiary/aromatic N) is 3. The van der Waals surface area contributed by atoms with Crippen molar-refractivity contribution in [1.82, 2.24) is 20.7 Å². The molecule has 0 spiro atoms. The maximum absolute atomic E-state index is 13.4. The Kier molecular flexibility index (Phi) is 9.40. The standard InChI is InChI=1S/C28H36N8O10S2/c1-27(2)21(24(38)36(27)46-48(41,42)43)34-23(37)20(17-12-47-26(31)33-17)35-45-28(3,25(39)40)19-9-5-13-10-14(4-8-18(13)44-19)22(30)32-16-7-6-15(29)11-16/h4,8,10,12,15-16,19,21H,5-7,9,11,29H2,1-3H3,(H2,30,32)(H2,31,33)(H,34,37)(H,39,40)(H,41,42,43)/b35-20-/t15-,16-,19+,21+,28?/m0/s1. The van der Waals surface area contributed by atoms with Crippen LogP contribution in [0.2, 0.25) is 0 Å². The summed E-state index contributed by atoms with van der Waals surface area (Å²) < 4.78 is 41.7. The molecule has 2 fully saturated rings. The number of β-lactam (4-membered cyclic amide) rings is 1. The van der Waals surface area contributed by atoms with E-state index in [2.05, 4.69) is 25.1 Å². The van der Waals surface area contributed by atoms with Crippen molar-refractivity contribution in [2.45, 2.75) is 88.2 Å². The van der Waals surface area contributed by atoms with Gasteiger partial charge in [0.2, 0.25) is 0 Å². The number of anilines is 1. The van der Waals surface area contributed by atoms with Gasteiger partial charge in [0.15, 0.2) is 16.9 Å². The third kappa shape index (κ3) is 7.06. The van der Waals surface area contributed by atoms with E-state index in [0.717, 1.165) is 36.2 Å². The summed E-state index contributed by atoms with van der Waals surface area (Å²) in [4.78, 5) is 48.3. The number of hydroxylamine groups is 2. The molecule has 1 saturated carbocycles. The number of rotatable bonds is 11. The van der Waals surface area contributed by atoms with Crippen molar-refractivity contribution in [3.63, 3.8) is 0 Å². The van der Waals surface area contributed by atoms with Gasteiger partial charge in [-0.15, -0.1) is 15.6 Å². The largest absolute Gasteiger partial charge is 0.485 e. The highest BCUT2D eigenvalue weighted by molar-refractivity contribution is 7.80. The topological polar surface area (TPSA) is 282 Å². The molecule has 5 atom stereocenters. The summed E-state index contributed by atoms with van der Waals surface area (Å²) in [6.07, 6.45) is 2.08. The highest BCUT2D eigenvalue weighted by Crippen LogP contribution is 2.35. The Labute approximate surface area is 279 Å². The number of thiazole rings is 1. The van der Waals surface area contributed by atoms with Gasteiger partial charge in [-0.05, 0) is 76.6 Å². The number of hydrogen-bond acceptors (Lipinski definition) is 14. The molecule has 0 radical (unpaired) electrons. The minimum absolute atomic E-state index is 0.0564. The van der Waals surface area contributed by atoms with Crippen LogP contribution in [0.15, 0.2) is 28.7 Å². The number of hydrogen-bond donors (Lipinski definition) is 7. The lowest BCUT2D eigenvalue weighted by molar-refractivity contribution is -0.218. The lowest BCUT2D eigenvalue weighted by Gasteiger charge is -2.50. The number of nitrogens with two attached hydrogens (primary N) is 2. The highest BCUT2D eigenvalue weighted by atomic mass is 32.3. The maximum atomic E-state index is 13.4. The van der Waals surface area contributed by atoms with E-state index in [1.54, 1.807) is 12.1 Å². The number of carboxylic acids is 1. The lowest BCUT2D eigenvalue weighted by atomic mass is 9.84. The number of amides is 2. The molecule has 9 N–H and O–H groups in total. The molecule has 3 aliphatic rings. The fourth-order valence-electron chi connectivity index (χ4n) is 5.76. The van der Waals surface area contributed by atoms with Crippen molar-refractivity contribution in [3.05, 3.63) is 40.4 Å². The molecule has 18 nitrogen and oxygen atoms in total. The molecule has 2 amide bonds. The van der Waals surface area contributed by atoms with Crippen LogP contribution < -0.4 is 26.8 Å². The zero-order chi connectivity index (χ0) is 35.2. The van der Waals surface area contributed by atoms with Crippen molar-refractivity contribution < 1.29 is 46.3 Å². The Morgan fingerprint density at radius 3 is 2.58 bits per heavy atom. The van der Waals surface area contributed by atoms with E-state index in [4.69, 9.17) is 31.0 Å². The number of aromatic nitrogens is 1. The van der Waals surface area contributed by atoms with Crippen LogP contribution in [0.1, 0.15) is 63.3 Å². The highest BCUT2D eigenvalue weighted by Gasteiger charge is 2.58. The predicted molar refractivity (Wildman–Crippen MR) is 170 cm³/mol. The normalized spacial score (nSPS) is 24.8. The minimum atomic E-state index is -5.03. The Morgan fingerprint density at radius 1 is 1.27 bits per heavy atom. The van der Waals surface area contributed by atoms with Crippen LogP contribution in [0.3, 0.4) is 0 Å². The average molecular weight is 709 g/mol. The van der Waals surface area contributed by atoms with Gasteiger partial charge in [-0.3, -0.25) is 19.6 Å². The second-order valence-electron chi connectivity index (χ2n) is 12.5. The molecule has 2 aromatic rings. The van der Waals surface area contributed by atoms with Crippen LogP contribution in [0.25, 0.3) is 0 Å². The molecular weight excluding hydrogens is 672 g/mol. The van der Waals surface area contributed by atoms with E-state index < -0.39 is 57.2 Å². The van der Waals surface area contributed by atoms with Gasteiger partial charge >= 0.3 is 16.4 Å². The number of aliphatic carboxylic acids is 1. The first kappa shape index (κ1) is 35.0. The molecule has 20 heteroatoms. The van der Waals surface area contributed by atoms with Crippen molar-refractivity contribution in [3.8, 4) is 5.75 Å². The van der Waals surface area contributed by atoms with E-state index in [-0.39, 0.29) is 35.2 Å². The molecule has 1 unspecified atom stereocenters. The van der Waals surface area contributed by atoms with Crippen LogP contribution in [-0.2, 0) is 40.3 Å². The van der Waals surface area contributed by atoms with E-state index in [1.807, 2.05) is 6.07 Å². The molecule has 2 aliphatic heterocycles. The first-order valence-electron chi connectivity index (χ1n) is 14.8. The van der Waals surface area contributed by atoms with Crippen molar-refractivity contribution in [2.75, 3.05) is 5.73 Å². The van der Waals surface area contributed by atoms with Gasteiger partial charge in [-0.1, -0.05) is 5.16 Å². The van der Waals surface area contributed by atoms with Gasteiger partial charge in [0.05, 0.1) is 5.54 Å². The van der Waals surface area contributed by atoms with Crippen LogP contribution in [0.4, 0.5) is 5.13 Å². The van der Waals surface area contributed by atoms with Crippen LogP contribution in [-0.4, -0.2) is 92.8 Å². The second kappa shape index (κ2) is 12.9. The van der Waals surface area contributed by atoms with E-state index >= 15 is 0 Å². The van der Waals surface area contributed by atoms with Gasteiger partial charge in [-0.2, -0.15) is 13.5 Å². The quantitative estimate of drug-likeness (QED) is 0.0544. The van der Waals surface area contributed by atoms with E-state index in [0.29, 0.717) is 22.8 Å². The van der Waals surface area contributed by atoms with Gasteiger partial charge in [0.1, 0.15) is 23.3 Å². The molecule has 1 saturated heterocycles. The maximum Gasteiger partial charge on any atom is 0.418 e. The number of amidine groups is 1. The molecular formula is C28H36N8O10S2. The number of carboxylic acid groups (broad SMARTS) is 1. The third-order valence-corrected chi connectivity index (χ3v) is 9.59. The second-order valence-corrected chi connectivity index (χ2v) is 14.4. The Hall–Kier alpha value is -4.37. The zero-order valence-corrected chi connectivity index (χ0v) is 27.8. The summed E-state index contributed by atoms with van der Waals surface area (Å²) >= 11 is 0.962. The average Bonchev–Trinajstić information content (AvgIpc) is 3.64. The van der Waals surface area contributed by atoms with Gasteiger partial charge in [0.25, 0.3) is 17.4 Å². The molecule has 48 heavy (non-hydrogen) atoms. The SMILES string of the molecule is CC(O/N=C(\C(=O)N[C@@H]1C(=O)N(OS(=O)(=O)O)C1(C)C)c1csc(N)n1)(C(=O)O)[C@H]1CCc2cc(C(=N)N[C@H]3CC[C@H](N)C3)ccc2O1. The number of ether oxygens (including phenoxy) is 1. The monoisotopic (exact) mass is 708 g/mol. The van der Waals surface area contributed by atoms with E-state index in [9.17, 15) is 27.9 Å². The number of carbonyl (C=O) groups is 3. The number of fused-ring (bicyclic) bond motifs is 1. The third-order valence-electron chi connectivity index (χ3n) is 8.58. The zero-order valence-electron chi connectivity index (χ0n) is 26.1. The summed E-state index contributed by atoms with van der Waals surface area (Å²) in [7, 11) is -5.03. The van der Waals surface area contributed by atoms with Gasteiger partial charge in [-0.25, -0.2) is 9.78 Å². The summed E-state index contributed by atoms with van der Waals surface area (Å²) in [5.41, 5.74) is 8.99. The number of benzene rings is 1. The number of nitrogen functional groups attached to an aromatic ring is 1. The molecule has 1 aliphatic carbocycles. The van der Waals surface area contributed by atoms with Crippen molar-refractivity contribution in [1.29, 1.82) is 5.41 Å². The smallest absolute Gasteiger partial charge is 0.418 e. The van der Waals surface area contributed by atoms with Gasteiger partial charge < -0.3 is 36.8 Å². The molecule has 3 heterocycles. The fraction of sp³-hybridized carbons (Fsp3) is 0.500. The number of carbonyl (C=O) groups excluding carboxylic acids is 2. The lowest BCUT2D eigenvalue weighted by Crippen LogP contribution is -2.76. The summed E-state index contributed by atoms with van der Waals surface area (Å²) in [5.74, 6) is -2.80. The first-order chi connectivity index (χ1) is 22.4. The van der Waals surface area contributed by atoms with Crippen LogP contribution >= 0.6 is 11.3 Å². The first-order valence-corrected chi connectivity index (χ1v) is 17.1. The van der Waals surface area contributed by atoms with Crippen LogP contribution in [0, 0.1) is 5.41 Å². The van der Waals surface area contributed by atoms with E-state index in [1.165, 1.54) is 26.2 Å². The van der Waals surface area contributed by atoms with Crippen LogP contribution in [0.5, 0.6) is 5.75 Å². The Morgan fingerprint density at radius 2 is 2.00 bits per heavy atom. The minimum Gasteiger partial charge on any atom is -0.485 e. The number of aryl methyl sites for hydroxylation is 1. The predicted octanol–water partition coefficient (Wildman–Crippen LogP) is 0.318. The molecule has 1 aromatic carbocycles. The summed E-state index contributed by atoms with van der Waals surface area (Å²) in [6, 6.07) is 4.07. The molecule has 0 bridgehead atoms. The fourth-order valence-corrected chi connectivity index (χ4v) is 6.76. The Bertz CT molecular complexity index is 1780. The van der Waals surface area contributed by atoms with Crippen molar-refractivity contribution in [2.24, 2.45) is 10.9 Å². The number of oxime groups is 1. The van der Waals surface area contributed by atoms with Crippen molar-refractivity contribution >= 4 is 56.2 Å².